The number of alkyl halides is 1. The van der Waals surface area contributed by atoms with Crippen LogP contribution in [0.4, 0.5) is 0 Å². The summed E-state index contributed by atoms with van der Waals surface area (Å²) in [7, 11) is 0. The number of hydrogen-bond donors (Lipinski definition) is 1. The van der Waals surface area contributed by atoms with Gasteiger partial charge in [0.05, 0.1) is 22.0 Å². The van der Waals surface area contributed by atoms with E-state index in [9.17, 15) is 5.26 Å². The van der Waals surface area contributed by atoms with Crippen LogP contribution in [0.3, 0.4) is 0 Å². The number of likely N-dealkylation sites (tertiary alicyclic amines) is 1. The van der Waals surface area contributed by atoms with Crippen molar-refractivity contribution in [1.82, 2.24) is 14.8 Å². The lowest BCUT2D eigenvalue weighted by Crippen LogP contribution is -2.70. The third-order valence-electron chi connectivity index (χ3n) is 6.03. The van der Waals surface area contributed by atoms with Gasteiger partial charge in [0.25, 0.3) is 0 Å². The van der Waals surface area contributed by atoms with Crippen molar-refractivity contribution < 1.29 is 4.74 Å². The Balaban J connectivity index is 0.00000119. The first-order chi connectivity index (χ1) is 15.6. The molecule has 1 spiro atoms. The van der Waals surface area contributed by atoms with E-state index in [-0.39, 0.29) is 0 Å². The van der Waals surface area contributed by atoms with Crippen LogP contribution in [0.25, 0.3) is 16.6 Å². The van der Waals surface area contributed by atoms with Crippen LogP contribution >= 0.6 is 23.2 Å². The molecule has 2 aliphatic heterocycles. The van der Waals surface area contributed by atoms with Crippen molar-refractivity contribution in [1.29, 1.82) is 5.26 Å². The molecule has 2 aliphatic rings. The number of hydrogen-bond acceptors (Lipinski definition) is 4. The van der Waals surface area contributed by atoms with Crippen LogP contribution in [0, 0.1) is 16.7 Å². The van der Waals surface area contributed by atoms with Crippen molar-refractivity contribution in [2.24, 2.45) is 5.41 Å². The highest BCUT2D eigenvalue weighted by molar-refractivity contribution is 6.32. The van der Waals surface area contributed by atoms with Gasteiger partial charge >= 0.3 is 0 Å². The van der Waals surface area contributed by atoms with Crippen molar-refractivity contribution in [3.8, 4) is 17.5 Å². The van der Waals surface area contributed by atoms with Crippen LogP contribution in [0.2, 0.25) is 5.02 Å². The Kier molecular flexibility index (Phi) is 6.97. The molecule has 1 aromatic heterocycles. The Bertz CT molecular complexity index is 1140. The highest BCUT2D eigenvalue weighted by Gasteiger charge is 2.47. The molecule has 5 rings (SSSR count). The molecule has 0 unspecified atom stereocenters. The van der Waals surface area contributed by atoms with E-state index in [0.29, 0.717) is 34.2 Å². The normalized spacial score (nSPS) is 16.6. The molecule has 5 nitrogen and oxygen atoms in total. The average molecular weight is 471 g/mol. The number of benzene rings is 2. The van der Waals surface area contributed by atoms with Gasteiger partial charge in [-0.25, -0.2) is 0 Å². The molecule has 0 atom stereocenters. The fourth-order valence-corrected chi connectivity index (χ4v) is 4.92. The quantitative estimate of drug-likeness (QED) is 0.502. The van der Waals surface area contributed by atoms with Crippen LogP contribution in [0.15, 0.2) is 42.6 Å². The van der Waals surface area contributed by atoms with Crippen molar-refractivity contribution in [3.63, 3.8) is 0 Å². The number of nitrogens with one attached hydrogen (secondary N) is 1. The highest BCUT2D eigenvalue weighted by Crippen LogP contribution is 2.36. The van der Waals surface area contributed by atoms with Gasteiger partial charge in [-0.05, 0) is 35.9 Å². The van der Waals surface area contributed by atoms with E-state index >= 15 is 0 Å². The maximum absolute atomic E-state index is 9.55. The third kappa shape index (κ3) is 4.33. The van der Waals surface area contributed by atoms with Crippen LogP contribution in [-0.2, 0) is 6.54 Å². The lowest BCUT2D eigenvalue weighted by atomic mass is 9.74. The second-order valence-corrected chi connectivity index (χ2v) is 9.07. The molecule has 32 heavy (non-hydrogen) atoms. The molecule has 0 amide bonds. The van der Waals surface area contributed by atoms with Gasteiger partial charge in [-0.2, -0.15) is 5.26 Å². The summed E-state index contributed by atoms with van der Waals surface area (Å²) in [5, 5.41) is 14.5. The Morgan fingerprint density at radius 1 is 1.16 bits per heavy atom. The Morgan fingerprint density at radius 2 is 1.94 bits per heavy atom. The molecule has 2 aromatic carbocycles. The van der Waals surface area contributed by atoms with E-state index in [2.05, 4.69) is 45.1 Å². The van der Waals surface area contributed by atoms with Crippen molar-refractivity contribution >= 4 is 34.1 Å². The standard InChI is InChI=1S/C23H22Cl2N4O.C2H6/c24-4-6-30-22-18(10-26)8-19(9-20(22)25)29-5-3-17-7-16(1-2-21(17)29)11-28-14-23(15-28)12-27-13-23;1-2/h1-3,5,7-9,27H,4,6,11-15H2;1-2H3. The fraction of sp³-hybridized carbons (Fsp3) is 0.400. The zero-order valence-electron chi connectivity index (χ0n) is 18.5. The van der Waals surface area contributed by atoms with Crippen LogP contribution in [0.1, 0.15) is 25.0 Å². The molecule has 0 saturated carbocycles. The number of nitriles is 1. The van der Waals surface area contributed by atoms with E-state index in [4.69, 9.17) is 27.9 Å². The van der Waals surface area contributed by atoms with Crippen molar-refractivity contribution in [2.45, 2.75) is 20.4 Å². The highest BCUT2D eigenvalue weighted by atomic mass is 35.5. The first-order valence-electron chi connectivity index (χ1n) is 11.1. The zero-order valence-corrected chi connectivity index (χ0v) is 20.0. The van der Waals surface area contributed by atoms with Gasteiger partial charge < -0.3 is 14.6 Å². The van der Waals surface area contributed by atoms with E-state index in [1.165, 1.54) is 24.0 Å². The molecule has 0 radical (unpaired) electrons. The molecular formula is C25H28Cl2N4O. The number of nitrogens with zero attached hydrogens (tertiary/aromatic N) is 3. The predicted octanol–water partition coefficient (Wildman–Crippen LogP) is 5.20. The minimum Gasteiger partial charge on any atom is -0.489 e. The van der Waals surface area contributed by atoms with Crippen LogP contribution < -0.4 is 10.1 Å². The zero-order chi connectivity index (χ0) is 22.7. The van der Waals surface area contributed by atoms with Crippen molar-refractivity contribution in [3.05, 3.63) is 58.7 Å². The monoisotopic (exact) mass is 470 g/mol. The molecular weight excluding hydrogens is 443 g/mol. The molecule has 0 bridgehead atoms. The van der Waals surface area contributed by atoms with E-state index in [1.54, 1.807) is 6.07 Å². The summed E-state index contributed by atoms with van der Waals surface area (Å²) < 4.78 is 7.61. The molecule has 2 saturated heterocycles. The van der Waals surface area contributed by atoms with Gasteiger partial charge in [0.1, 0.15) is 12.7 Å². The number of rotatable bonds is 6. The number of fused-ring (bicyclic) bond motifs is 1. The summed E-state index contributed by atoms with van der Waals surface area (Å²) in [6.07, 6.45) is 2.01. The summed E-state index contributed by atoms with van der Waals surface area (Å²) in [5.74, 6) is 0.722. The van der Waals surface area contributed by atoms with Crippen LogP contribution in [-0.4, -0.2) is 48.1 Å². The molecule has 7 heteroatoms. The van der Waals surface area contributed by atoms with Gasteiger partial charge in [0, 0.05) is 55.4 Å². The predicted molar refractivity (Wildman–Crippen MR) is 131 cm³/mol. The molecule has 168 valence electrons. The molecule has 0 aliphatic carbocycles. The second kappa shape index (κ2) is 9.72. The lowest BCUT2D eigenvalue weighted by Gasteiger charge is -2.56. The van der Waals surface area contributed by atoms with Gasteiger partial charge in [-0.15, -0.1) is 11.6 Å². The smallest absolute Gasteiger partial charge is 0.155 e. The lowest BCUT2D eigenvalue weighted by molar-refractivity contribution is -0.0444. The SMILES string of the molecule is CC.N#Cc1cc(-n2ccc3cc(CN4CC5(CNC5)C4)ccc32)cc(Cl)c1OCCCl. The summed E-state index contributed by atoms with van der Waals surface area (Å²) >= 11 is 12.1. The van der Waals surface area contributed by atoms with E-state index in [0.717, 1.165) is 30.8 Å². The topological polar surface area (TPSA) is 53.2 Å². The first kappa shape index (κ1) is 22.9. The summed E-state index contributed by atoms with van der Waals surface area (Å²) in [6, 6.07) is 14.5. The molecule has 3 aromatic rings. The fourth-order valence-electron chi connectivity index (χ4n) is 4.58. The first-order valence-corrected chi connectivity index (χ1v) is 12.0. The van der Waals surface area contributed by atoms with Gasteiger partial charge in [0.15, 0.2) is 5.75 Å². The maximum Gasteiger partial charge on any atom is 0.155 e. The molecule has 2 fully saturated rings. The number of aromatic nitrogens is 1. The Morgan fingerprint density at radius 3 is 2.59 bits per heavy atom. The molecule has 3 heterocycles. The maximum atomic E-state index is 9.55. The summed E-state index contributed by atoms with van der Waals surface area (Å²) in [4.78, 5) is 2.51. The average Bonchev–Trinajstić information content (AvgIpc) is 3.18. The largest absolute Gasteiger partial charge is 0.489 e. The molecule has 1 N–H and O–H groups in total. The third-order valence-corrected chi connectivity index (χ3v) is 6.46. The van der Waals surface area contributed by atoms with Gasteiger partial charge in [-0.3, -0.25) is 4.90 Å². The number of ether oxygens (including phenoxy) is 1. The van der Waals surface area contributed by atoms with E-state index in [1.807, 2.05) is 26.1 Å². The van der Waals surface area contributed by atoms with Gasteiger partial charge in [-0.1, -0.05) is 31.5 Å². The van der Waals surface area contributed by atoms with Gasteiger partial charge in [0.2, 0.25) is 0 Å². The minimum atomic E-state index is 0.305. The minimum absolute atomic E-state index is 0.305. The second-order valence-electron chi connectivity index (χ2n) is 8.28. The number of halogens is 2. The summed E-state index contributed by atoms with van der Waals surface area (Å²) in [5.41, 5.74) is 4.18. The van der Waals surface area contributed by atoms with E-state index < -0.39 is 0 Å². The van der Waals surface area contributed by atoms with Crippen LogP contribution in [0.5, 0.6) is 5.75 Å². The van der Waals surface area contributed by atoms with Crippen molar-refractivity contribution in [2.75, 3.05) is 38.7 Å². The Hall–Kier alpha value is -2.23. The summed E-state index contributed by atoms with van der Waals surface area (Å²) in [6.45, 7) is 9.99. The Labute approximate surface area is 199 Å².